The molecule has 1 heterocycles. The maximum absolute atomic E-state index is 12.3. The second-order valence-electron chi connectivity index (χ2n) is 4.92. The van der Waals surface area contributed by atoms with Crippen LogP contribution in [-0.2, 0) is 4.74 Å². The van der Waals surface area contributed by atoms with Crippen LogP contribution in [-0.4, -0.2) is 29.2 Å². The summed E-state index contributed by atoms with van der Waals surface area (Å²) in [7, 11) is 1.26. The van der Waals surface area contributed by atoms with Gasteiger partial charge in [0.15, 0.2) is 0 Å². The maximum atomic E-state index is 12.3. The quantitative estimate of drug-likeness (QED) is 0.719. The van der Waals surface area contributed by atoms with Crippen LogP contribution in [0.25, 0.3) is 11.5 Å². The fraction of sp³-hybridized carbons (Fsp3) is 0.0588. The number of halogens is 1. The smallest absolute Gasteiger partial charge is 0.337 e. The van der Waals surface area contributed by atoms with Crippen LogP contribution in [0.2, 0.25) is 5.02 Å². The van der Waals surface area contributed by atoms with E-state index in [-0.39, 0.29) is 28.1 Å². The van der Waals surface area contributed by atoms with E-state index in [9.17, 15) is 9.59 Å². The van der Waals surface area contributed by atoms with Crippen molar-refractivity contribution in [2.45, 2.75) is 0 Å². The van der Waals surface area contributed by atoms with Crippen LogP contribution >= 0.6 is 11.6 Å². The van der Waals surface area contributed by atoms with Gasteiger partial charge in [0.25, 0.3) is 0 Å². The standard InChI is InChI=1S/C17H12ClN3O4/c1-24-17(23)11-7-8-12(18)13(9-11)19-14(22)16-21-20-15(25-16)10-5-3-2-4-6-10/h2-9H,1H3,(H,19,22). The average molecular weight is 358 g/mol. The van der Waals surface area contributed by atoms with Crippen molar-refractivity contribution in [1.29, 1.82) is 0 Å². The lowest BCUT2D eigenvalue weighted by atomic mass is 10.2. The van der Waals surface area contributed by atoms with E-state index < -0.39 is 11.9 Å². The normalized spacial score (nSPS) is 10.3. The Balaban J connectivity index is 1.81. The van der Waals surface area contributed by atoms with E-state index in [0.717, 1.165) is 0 Å². The third kappa shape index (κ3) is 3.67. The Morgan fingerprint density at radius 3 is 2.60 bits per heavy atom. The molecule has 1 aromatic heterocycles. The summed E-state index contributed by atoms with van der Waals surface area (Å²) in [5.41, 5.74) is 1.17. The Labute approximate surface area is 147 Å². The highest BCUT2D eigenvalue weighted by Crippen LogP contribution is 2.24. The molecule has 0 aliphatic heterocycles. The third-order valence-corrected chi connectivity index (χ3v) is 3.61. The molecule has 0 aliphatic rings. The molecule has 0 spiro atoms. The summed E-state index contributed by atoms with van der Waals surface area (Å²) >= 11 is 6.04. The van der Waals surface area contributed by atoms with E-state index in [4.69, 9.17) is 16.0 Å². The Morgan fingerprint density at radius 1 is 1.12 bits per heavy atom. The number of aromatic nitrogens is 2. The maximum Gasteiger partial charge on any atom is 0.337 e. The van der Waals surface area contributed by atoms with E-state index in [1.807, 2.05) is 18.2 Å². The monoisotopic (exact) mass is 357 g/mol. The SMILES string of the molecule is COC(=O)c1ccc(Cl)c(NC(=O)c2nnc(-c3ccccc3)o2)c1. The van der Waals surface area contributed by atoms with Gasteiger partial charge in [-0.25, -0.2) is 4.79 Å². The van der Waals surface area contributed by atoms with Crippen LogP contribution in [0.4, 0.5) is 5.69 Å². The minimum absolute atomic E-state index is 0.222. The molecule has 2 aromatic carbocycles. The molecule has 25 heavy (non-hydrogen) atoms. The van der Waals surface area contributed by atoms with Crippen molar-refractivity contribution < 1.29 is 18.7 Å². The number of hydrogen-bond acceptors (Lipinski definition) is 6. The number of rotatable bonds is 4. The van der Waals surface area contributed by atoms with E-state index in [1.165, 1.54) is 25.3 Å². The first-order valence-corrected chi connectivity index (χ1v) is 7.54. The minimum atomic E-state index is -0.640. The molecule has 0 saturated carbocycles. The summed E-state index contributed by atoms with van der Waals surface area (Å²) in [5, 5.41) is 10.4. The lowest BCUT2D eigenvalue weighted by molar-refractivity contribution is 0.0600. The Morgan fingerprint density at radius 2 is 1.88 bits per heavy atom. The topological polar surface area (TPSA) is 94.3 Å². The van der Waals surface area contributed by atoms with Crippen molar-refractivity contribution >= 4 is 29.2 Å². The molecule has 0 atom stereocenters. The second kappa shape index (κ2) is 7.14. The Bertz CT molecular complexity index is 925. The number of carbonyl (C=O) groups excluding carboxylic acids is 2. The number of anilines is 1. The van der Waals surface area contributed by atoms with Crippen LogP contribution in [0.1, 0.15) is 21.0 Å². The number of benzene rings is 2. The van der Waals surface area contributed by atoms with Crippen molar-refractivity contribution in [3.63, 3.8) is 0 Å². The van der Waals surface area contributed by atoms with Crippen LogP contribution in [0, 0.1) is 0 Å². The third-order valence-electron chi connectivity index (χ3n) is 3.28. The molecule has 1 amide bonds. The van der Waals surface area contributed by atoms with Gasteiger partial charge in [-0.15, -0.1) is 10.2 Å². The molecule has 7 nitrogen and oxygen atoms in total. The number of ether oxygens (including phenoxy) is 1. The van der Waals surface area contributed by atoms with Crippen LogP contribution < -0.4 is 5.32 Å². The predicted octanol–water partition coefficient (Wildman–Crippen LogP) is 3.43. The van der Waals surface area contributed by atoms with Crippen LogP contribution in [0.3, 0.4) is 0 Å². The predicted molar refractivity (Wildman–Crippen MR) is 90.5 cm³/mol. The molecule has 3 rings (SSSR count). The van der Waals surface area contributed by atoms with Gasteiger partial charge in [-0.2, -0.15) is 0 Å². The number of methoxy groups -OCH3 is 1. The average Bonchev–Trinajstić information content (AvgIpc) is 3.14. The summed E-state index contributed by atoms with van der Waals surface area (Å²) in [6, 6.07) is 13.4. The van der Waals surface area contributed by atoms with Gasteiger partial charge < -0.3 is 14.5 Å². The van der Waals surface area contributed by atoms with Crippen molar-refractivity contribution in [3.8, 4) is 11.5 Å². The van der Waals surface area contributed by atoms with Gasteiger partial charge in [0.2, 0.25) is 5.89 Å². The molecule has 0 radical (unpaired) electrons. The highest BCUT2D eigenvalue weighted by molar-refractivity contribution is 6.34. The van der Waals surface area contributed by atoms with E-state index >= 15 is 0 Å². The molecule has 0 saturated heterocycles. The van der Waals surface area contributed by atoms with Crippen molar-refractivity contribution in [3.05, 3.63) is 65.0 Å². The number of esters is 1. The number of nitrogens with one attached hydrogen (secondary N) is 1. The molecule has 8 heteroatoms. The molecule has 0 fully saturated rings. The van der Waals surface area contributed by atoms with Gasteiger partial charge in [0.05, 0.1) is 23.4 Å². The number of hydrogen-bond donors (Lipinski definition) is 1. The van der Waals surface area contributed by atoms with Crippen molar-refractivity contribution in [2.24, 2.45) is 0 Å². The number of nitrogens with zero attached hydrogens (tertiary/aromatic N) is 2. The first kappa shape index (κ1) is 16.7. The Kier molecular flexibility index (Phi) is 4.76. The Hall–Kier alpha value is -3.19. The van der Waals surface area contributed by atoms with Crippen LogP contribution in [0.15, 0.2) is 52.9 Å². The molecule has 0 aliphatic carbocycles. The zero-order valence-electron chi connectivity index (χ0n) is 13.0. The summed E-state index contributed by atoms with van der Waals surface area (Å²) in [6.07, 6.45) is 0. The number of amides is 1. The van der Waals surface area contributed by atoms with Gasteiger partial charge in [0, 0.05) is 5.56 Å². The number of carbonyl (C=O) groups is 2. The zero-order valence-corrected chi connectivity index (χ0v) is 13.8. The second-order valence-corrected chi connectivity index (χ2v) is 5.33. The van der Waals surface area contributed by atoms with E-state index in [0.29, 0.717) is 5.56 Å². The van der Waals surface area contributed by atoms with Crippen molar-refractivity contribution in [1.82, 2.24) is 10.2 Å². The molecule has 126 valence electrons. The molecule has 3 aromatic rings. The minimum Gasteiger partial charge on any atom is -0.465 e. The molecular weight excluding hydrogens is 346 g/mol. The highest BCUT2D eigenvalue weighted by atomic mass is 35.5. The van der Waals surface area contributed by atoms with Gasteiger partial charge >= 0.3 is 17.8 Å². The molecule has 0 unspecified atom stereocenters. The lowest BCUT2D eigenvalue weighted by Gasteiger charge is -2.07. The van der Waals surface area contributed by atoms with Gasteiger partial charge in [-0.1, -0.05) is 29.8 Å². The molecular formula is C17H12ClN3O4. The van der Waals surface area contributed by atoms with E-state index in [2.05, 4.69) is 20.3 Å². The summed E-state index contributed by atoms with van der Waals surface area (Å²) in [4.78, 5) is 23.9. The lowest BCUT2D eigenvalue weighted by Crippen LogP contribution is -2.13. The largest absolute Gasteiger partial charge is 0.465 e. The first-order valence-electron chi connectivity index (χ1n) is 7.16. The van der Waals surface area contributed by atoms with Crippen LogP contribution in [0.5, 0.6) is 0 Å². The summed E-state index contributed by atoms with van der Waals surface area (Å²) < 4.78 is 10.0. The van der Waals surface area contributed by atoms with Gasteiger partial charge in [-0.3, -0.25) is 4.79 Å². The van der Waals surface area contributed by atoms with Crippen molar-refractivity contribution in [2.75, 3.05) is 12.4 Å². The van der Waals surface area contributed by atoms with Gasteiger partial charge in [0.1, 0.15) is 0 Å². The summed E-state index contributed by atoms with van der Waals surface area (Å²) in [6.45, 7) is 0. The molecule has 1 N–H and O–H groups in total. The molecule has 0 bridgehead atoms. The first-order chi connectivity index (χ1) is 12.1. The summed E-state index contributed by atoms with van der Waals surface area (Å²) in [5.74, 6) is -1.19. The fourth-order valence-electron chi connectivity index (χ4n) is 2.05. The van der Waals surface area contributed by atoms with Gasteiger partial charge in [-0.05, 0) is 30.3 Å². The zero-order chi connectivity index (χ0) is 17.8. The highest BCUT2D eigenvalue weighted by Gasteiger charge is 2.18. The fourth-order valence-corrected chi connectivity index (χ4v) is 2.22. The van der Waals surface area contributed by atoms with E-state index in [1.54, 1.807) is 12.1 Å².